The number of benzene rings is 1. The van der Waals surface area contributed by atoms with Gasteiger partial charge in [-0.15, -0.1) is 0 Å². The van der Waals surface area contributed by atoms with Crippen LogP contribution < -0.4 is 10.6 Å². The van der Waals surface area contributed by atoms with Gasteiger partial charge in [-0.1, -0.05) is 30.3 Å². The average molecular weight is 376 g/mol. The van der Waals surface area contributed by atoms with Gasteiger partial charge in [-0.3, -0.25) is 9.69 Å². The molecule has 0 atom stereocenters. The molecule has 1 fully saturated rings. The summed E-state index contributed by atoms with van der Waals surface area (Å²) in [6.45, 7) is 4.49. The van der Waals surface area contributed by atoms with Crippen molar-refractivity contribution < 1.29 is 9.53 Å². The molecule has 0 bridgehead atoms. The zero-order valence-corrected chi connectivity index (χ0v) is 16.8. The topological polar surface area (TPSA) is 69.2 Å². The van der Waals surface area contributed by atoms with Gasteiger partial charge < -0.3 is 20.3 Å². The normalized spacial score (nSPS) is 16.2. The summed E-state index contributed by atoms with van der Waals surface area (Å²) in [6, 6.07) is 11.0. The van der Waals surface area contributed by atoms with Crippen molar-refractivity contribution in [2.75, 3.05) is 54.0 Å². The Bertz CT molecular complexity index is 583. The van der Waals surface area contributed by atoms with Gasteiger partial charge in [0, 0.05) is 53.4 Å². The van der Waals surface area contributed by atoms with E-state index in [4.69, 9.17) is 4.74 Å². The second-order valence-electron chi connectivity index (χ2n) is 7.05. The lowest BCUT2D eigenvalue weighted by molar-refractivity contribution is -0.127. The summed E-state index contributed by atoms with van der Waals surface area (Å²) in [5.74, 6) is 0.671. The largest absolute Gasteiger partial charge is 0.383 e. The third-order valence-electron chi connectivity index (χ3n) is 4.65. The number of methoxy groups -OCH3 is 1. The predicted octanol–water partition coefficient (Wildman–Crippen LogP) is 0.921. The maximum Gasteiger partial charge on any atom is 0.243 e. The van der Waals surface area contributed by atoms with Crippen LogP contribution in [-0.4, -0.2) is 81.7 Å². The van der Waals surface area contributed by atoms with Gasteiger partial charge in [0.05, 0.1) is 6.61 Å². The highest BCUT2D eigenvalue weighted by atomic mass is 16.5. The van der Waals surface area contributed by atoms with Crippen LogP contribution in [-0.2, 0) is 16.1 Å². The molecule has 0 spiro atoms. The van der Waals surface area contributed by atoms with Crippen LogP contribution in [0.3, 0.4) is 0 Å². The summed E-state index contributed by atoms with van der Waals surface area (Å²) >= 11 is 0. The van der Waals surface area contributed by atoms with Gasteiger partial charge in [0.25, 0.3) is 0 Å². The van der Waals surface area contributed by atoms with Gasteiger partial charge in [-0.2, -0.15) is 0 Å². The standard InChI is InChI=1S/C20H33N5O2/c1-24(2)19(26)15-22-20(21-11-14-27-3)23-18-9-12-25(13-10-18)16-17-7-5-4-6-8-17/h4-8,18H,9-16H2,1-3H3,(H2,21,22,23). The molecule has 0 saturated carbocycles. The highest BCUT2D eigenvalue weighted by Gasteiger charge is 2.20. The van der Waals surface area contributed by atoms with Gasteiger partial charge in [0.2, 0.25) is 5.91 Å². The summed E-state index contributed by atoms with van der Waals surface area (Å²) in [6.07, 6.45) is 2.11. The lowest BCUT2D eigenvalue weighted by Crippen LogP contribution is -2.49. The Morgan fingerprint density at radius 2 is 1.96 bits per heavy atom. The van der Waals surface area contributed by atoms with Crippen LogP contribution in [0.25, 0.3) is 0 Å². The first-order valence-corrected chi connectivity index (χ1v) is 9.58. The molecule has 1 aromatic carbocycles. The van der Waals surface area contributed by atoms with Gasteiger partial charge in [-0.25, -0.2) is 4.99 Å². The average Bonchev–Trinajstić information content (AvgIpc) is 2.68. The minimum atomic E-state index is -0.0134. The minimum absolute atomic E-state index is 0.0134. The van der Waals surface area contributed by atoms with Crippen LogP contribution in [0.4, 0.5) is 0 Å². The number of likely N-dealkylation sites (tertiary alicyclic amines) is 1. The molecule has 0 unspecified atom stereocenters. The van der Waals surface area contributed by atoms with Gasteiger partial charge in [0.15, 0.2) is 5.96 Å². The number of likely N-dealkylation sites (N-methyl/N-ethyl adjacent to an activating group) is 1. The number of amides is 1. The van der Waals surface area contributed by atoms with E-state index >= 15 is 0 Å². The molecule has 27 heavy (non-hydrogen) atoms. The third kappa shape index (κ3) is 7.97. The Labute approximate surface area is 162 Å². The Morgan fingerprint density at radius 1 is 1.26 bits per heavy atom. The number of hydrogen-bond donors (Lipinski definition) is 2. The Kier molecular flexibility index (Phi) is 9.07. The molecule has 1 aliphatic heterocycles. The van der Waals surface area contributed by atoms with Crippen molar-refractivity contribution in [1.29, 1.82) is 0 Å². The van der Waals surface area contributed by atoms with E-state index in [-0.39, 0.29) is 12.5 Å². The zero-order valence-electron chi connectivity index (χ0n) is 16.8. The summed E-state index contributed by atoms with van der Waals surface area (Å²) in [4.78, 5) is 20.3. The number of nitrogens with one attached hydrogen (secondary N) is 2. The summed E-state index contributed by atoms with van der Waals surface area (Å²) in [5.41, 5.74) is 1.36. The smallest absolute Gasteiger partial charge is 0.243 e. The number of carbonyl (C=O) groups is 1. The first-order valence-electron chi connectivity index (χ1n) is 9.58. The Morgan fingerprint density at radius 3 is 2.59 bits per heavy atom. The molecule has 1 aliphatic rings. The number of aliphatic imine (C=N–C) groups is 1. The summed E-state index contributed by atoms with van der Waals surface area (Å²) < 4.78 is 5.09. The van der Waals surface area contributed by atoms with E-state index in [1.807, 2.05) is 0 Å². The van der Waals surface area contributed by atoms with Crippen molar-refractivity contribution in [1.82, 2.24) is 20.4 Å². The maximum atomic E-state index is 11.8. The van der Waals surface area contributed by atoms with Crippen LogP contribution in [0.5, 0.6) is 0 Å². The quantitative estimate of drug-likeness (QED) is 0.402. The van der Waals surface area contributed by atoms with Crippen molar-refractivity contribution in [2.45, 2.75) is 25.4 Å². The molecule has 1 amide bonds. The van der Waals surface area contributed by atoms with Gasteiger partial charge in [0.1, 0.15) is 6.54 Å². The van der Waals surface area contributed by atoms with Crippen molar-refractivity contribution in [2.24, 2.45) is 4.99 Å². The number of ether oxygens (including phenoxy) is 1. The second kappa shape index (κ2) is 11.6. The molecular weight excluding hydrogens is 342 g/mol. The van der Waals surface area contributed by atoms with E-state index in [1.165, 1.54) is 5.56 Å². The lowest BCUT2D eigenvalue weighted by Gasteiger charge is -2.33. The molecule has 2 N–H and O–H groups in total. The van der Waals surface area contributed by atoms with Crippen LogP contribution in [0.1, 0.15) is 18.4 Å². The van der Waals surface area contributed by atoms with Crippen LogP contribution in [0, 0.1) is 0 Å². The van der Waals surface area contributed by atoms with E-state index in [0.717, 1.165) is 32.5 Å². The fourth-order valence-electron chi connectivity index (χ4n) is 2.98. The number of hydrogen-bond acceptors (Lipinski definition) is 4. The molecule has 7 nitrogen and oxygen atoms in total. The lowest BCUT2D eigenvalue weighted by atomic mass is 10.0. The Balaban J connectivity index is 1.82. The van der Waals surface area contributed by atoms with Crippen LogP contribution in [0.15, 0.2) is 35.3 Å². The van der Waals surface area contributed by atoms with Crippen molar-refractivity contribution in [3.05, 3.63) is 35.9 Å². The van der Waals surface area contributed by atoms with Crippen molar-refractivity contribution in [3.63, 3.8) is 0 Å². The fraction of sp³-hybridized carbons (Fsp3) is 0.600. The third-order valence-corrected chi connectivity index (χ3v) is 4.65. The van der Waals surface area contributed by atoms with Crippen molar-refractivity contribution in [3.8, 4) is 0 Å². The molecule has 1 saturated heterocycles. The van der Waals surface area contributed by atoms with E-state index in [1.54, 1.807) is 26.1 Å². The number of nitrogens with zero attached hydrogens (tertiary/aromatic N) is 3. The van der Waals surface area contributed by atoms with Crippen LogP contribution >= 0.6 is 0 Å². The van der Waals surface area contributed by atoms with E-state index in [9.17, 15) is 4.79 Å². The zero-order chi connectivity index (χ0) is 19.5. The maximum absolute atomic E-state index is 11.8. The monoisotopic (exact) mass is 375 g/mol. The molecule has 150 valence electrons. The SMILES string of the molecule is COCCNC(=NCC(=O)N(C)C)NC1CCN(Cc2ccccc2)CC1. The molecule has 2 rings (SSSR count). The second-order valence-corrected chi connectivity index (χ2v) is 7.05. The molecule has 7 heteroatoms. The van der Waals surface area contributed by atoms with E-state index in [2.05, 4.69) is 50.9 Å². The molecule has 0 radical (unpaired) electrons. The predicted molar refractivity (Wildman–Crippen MR) is 109 cm³/mol. The highest BCUT2D eigenvalue weighted by molar-refractivity contribution is 5.84. The summed E-state index contributed by atoms with van der Waals surface area (Å²) in [5, 5.41) is 6.72. The fourth-order valence-corrected chi connectivity index (χ4v) is 2.98. The molecule has 1 aromatic rings. The van der Waals surface area contributed by atoms with Crippen LogP contribution in [0.2, 0.25) is 0 Å². The van der Waals surface area contributed by atoms with E-state index in [0.29, 0.717) is 25.2 Å². The molecule has 0 aromatic heterocycles. The molecular formula is C20H33N5O2. The highest BCUT2D eigenvalue weighted by Crippen LogP contribution is 2.13. The first-order chi connectivity index (χ1) is 13.1. The number of piperidine rings is 1. The van der Waals surface area contributed by atoms with Crippen molar-refractivity contribution >= 4 is 11.9 Å². The Hall–Kier alpha value is -2.12. The minimum Gasteiger partial charge on any atom is -0.383 e. The number of carbonyl (C=O) groups excluding carboxylic acids is 1. The molecule has 0 aliphatic carbocycles. The van der Waals surface area contributed by atoms with Gasteiger partial charge >= 0.3 is 0 Å². The molecule has 1 heterocycles. The number of rotatable bonds is 8. The number of guanidine groups is 1. The summed E-state index contributed by atoms with van der Waals surface area (Å²) in [7, 11) is 5.15. The van der Waals surface area contributed by atoms with E-state index < -0.39 is 0 Å². The first kappa shape index (κ1) is 21.2. The van der Waals surface area contributed by atoms with Gasteiger partial charge in [-0.05, 0) is 18.4 Å².